The summed E-state index contributed by atoms with van der Waals surface area (Å²) >= 11 is 0. The van der Waals surface area contributed by atoms with E-state index in [1.165, 1.54) is 6.33 Å². The molecule has 2 amide bonds. The van der Waals surface area contributed by atoms with Gasteiger partial charge in [0.05, 0.1) is 20.3 Å². The Kier molecular flexibility index (Phi) is 5.63. The maximum atomic E-state index is 12.1. The zero-order valence-corrected chi connectivity index (χ0v) is 14.1. The largest absolute Gasteiger partial charge is 0.497 e. The van der Waals surface area contributed by atoms with Crippen LogP contribution in [0.2, 0.25) is 0 Å². The molecule has 1 aliphatic heterocycles. The zero-order chi connectivity index (χ0) is 17.5. The van der Waals surface area contributed by atoms with E-state index in [0.717, 1.165) is 30.2 Å². The summed E-state index contributed by atoms with van der Waals surface area (Å²) in [6.07, 6.45) is 1.45. The minimum absolute atomic E-state index is 0.317. The number of hydrogen-bond acceptors (Lipinski definition) is 6. The number of nitrogens with one attached hydrogen (secondary N) is 2. The van der Waals surface area contributed by atoms with Crippen LogP contribution in [0.3, 0.4) is 0 Å². The maximum Gasteiger partial charge on any atom is 0.320 e. The number of urea groups is 1. The lowest BCUT2D eigenvalue weighted by Crippen LogP contribution is -2.37. The summed E-state index contributed by atoms with van der Waals surface area (Å²) in [6, 6.07) is 8.96. The SMILES string of the molecule is COc1ccc(CNC(=O)Nc2cc(N3CCOCC3)ncn2)cc1. The zero-order valence-electron chi connectivity index (χ0n) is 14.1. The molecule has 132 valence electrons. The van der Waals surface area contributed by atoms with E-state index in [-0.39, 0.29) is 6.03 Å². The maximum absolute atomic E-state index is 12.1. The number of carbonyl (C=O) groups excluding carboxylic acids is 1. The van der Waals surface area contributed by atoms with E-state index in [0.29, 0.717) is 25.6 Å². The molecule has 0 atom stereocenters. The fourth-order valence-electron chi connectivity index (χ4n) is 2.47. The lowest BCUT2D eigenvalue weighted by atomic mass is 10.2. The molecule has 8 heteroatoms. The number of carbonyl (C=O) groups is 1. The fourth-order valence-corrected chi connectivity index (χ4v) is 2.47. The highest BCUT2D eigenvalue weighted by Gasteiger charge is 2.13. The minimum atomic E-state index is -0.317. The van der Waals surface area contributed by atoms with Crippen LogP contribution in [0, 0.1) is 0 Å². The van der Waals surface area contributed by atoms with Gasteiger partial charge in [-0.3, -0.25) is 5.32 Å². The van der Waals surface area contributed by atoms with Crippen LogP contribution in [0.25, 0.3) is 0 Å². The van der Waals surface area contributed by atoms with Crippen molar-refractivity contribution in [3.05, 3.63) is 42.2 Å². The Hall–Kier alpha value is -2.87. The summed E-state index contributed by atoms with van der Waals surface area (Å²) in [4.78, 5) is 22.5. The van der Waals surface area contributed by atoms with E-state index < -0.39 is 0 Å². The molecule has 1 fully saturated rings. The number of nitrogens with zero attached hydrogens (tertiary/aromatic N) is 3. The Bertz CT molecular complexity index is 702. The summed E-state index contributed by atoms with van der Waals surface area (Å²) in [6.45, 7) is 3.32. The molecule has 1 aromatic carbocycles. The van der Waals surface area contributed by atoms with Crippen molar-refractivity contribution >= 4 is 17.7 Å². The van der Waals surface area contributed by atoms with Crippen molar-refractivity contribution in [3.63, 3.8) is 0 Å². The molecular weight excluding hydrogens is 322 g/mol. The van der Waals surface area contributed by atoms with Crippen molar-refractivity contribution < 1.29 is 14.3 Å². The van der Waals surface area contributed by atoms with Crippen molar-refractivity contribution in [1.29, 1.82) is 0 Å². The average Bonchev–Trinajstić information content (AvgIpc) is 2.68. The number of methoxy groups -OCH3 is 1. The highest BCUT2D eigenvalue weighted by molar-refractivity contribution is 5.88. The van der Waals surface area contributed by atoms with Crippen molar-refractivity contribution in [2.75, 3.05) is 43.6 Å². The fraction of sp³-hybridized carbons (Fsp3) is 0.353. The first-order valence-electron chi connectivity index (χ1n) is 8.07. The highest BCUT2D eigenvalue weighted by atomic mass is 16.5. The van der Waals surface area contributed by atoms with Gasteiger partial charge in [-0.25, -0.2) is 14.8 Å². The average molecular weight is 343 g/mol. The van der Waals surface area contributed by atoms with Gasteiger partial charge in [0, 0.05) is 25.7 Å². The number of morpholine rings is 1. The number of ether oxygens (including phenoxy) is 2. The van der Waals surface area contributed by atoms with Gasteiger partial charge in [0.2, 0.25) is 0 Å². The van der Waals surface area contributed by atoms with Crippen LogP contribution >= 0.6 is 0 Å². The third kappa shape index (κ3) is 4.80. The Morgan fingerprint density at radius 3 is 2.72 bits per heavy atom. The van der Waals surface area contributed by atoms with Crippen molar-refractivity contribution in [1.82, 2.24) is 15.3 Å². The lowest BCUT2D eigenvalue weighted by Gasteiger charge is -2.27. The third-order valence-electron chi connectivity index (χ3n) is 3.84. The lowest BCUT2D eigenvalue weighted by molar-refractivity contribution is 0.122. The van der Waals surface area contributed by atoms with Gasteiger partial charge in [0.25, 0.3) is 0 Å². The first-order chi connectivity index (χ1) is 12.2. The molecule has 0 saturated carbocycles. The molecule has 1 aliphatic rings. The van der Waals surface area contributed by atoms with E-state index in [1.807, 2.05) is 24.3 Å². The highest BCUT2D eigenvalue weighted by Crippen LogP contribution is 2.15. The van der Waals surface area contributed by atoms with Crippen LogP contribution < -0.4 is 20.3 Å². The smallest absolute Gasteiger partial charge is 0.320 e. The molecule has 0 bridgehead atoms. The Morgan fingerprint density at radius 2 is 2.00 bits per heavy atom. The number of anilines is 2. The Morgan fingerprint density at radius 1 is 1.24 bits per heavy atom. The predicted molar refractivity (Wildman–Crippen MR) is 93.9 cm³/mol. The Balaban J connectivity index is 1.53. The van der Waals surface area contributed by atoms with Crippen molar-refractivity contribution in [2.24, 2.45) is 0 Å². The van der Waals surface area contributed by atoms with Crippen LogP contribution in [0.1, 0.15) is 5.56 Å². The predicted octanol–water partition coefficient (Wildman–Crippen LogP) is 1.64. The van der Waals surface area contributed by atoms with E-state index in [1.54, 1.807) is 13.2 Å². The molecule has 0 radical (unpaired) electrons. The van der Waals surface area contributed by atoms with Gasteiger partial charge in [-0.15, -0.1) is 0 Å². The monoisotopic (exact) mass is 343 g/mol. The molecule has 2 aromatic rings. The molecule has 0 unspecified atom stereocenters. The van der Waals surface area contributed by atoms with Gasteiger partial charge in [0.15, 0.2) is 0 Å². The van der Waals surface area contributed by atoms with Crippen LogP contribution in [0.4, 0.5) is 16.4 Å². The van der Waals surface area contributed by atoms with Gasteiger partial charge in [-0.05, 0) is 17.7 Å². The van der Waals surface area contributed by atoms with Gasteiger partial charge in [0.1, 0.15) is 23.7 Å². The van der Waals surface area contributed by atoms with E-state index in [2.05, 4.69) is 25.5 Å². The van der Waals surface area contributed by atoms with E-state index >= 15 is 0 Å². The first kappa shape index (κ1) is 17.0. The van der Waals surface area contributed by atoms with Crippen molar-refractivity contribution in [2.45, 2.75) is 6.54 Å². The molecule has 1 saturated heterocycles. The Labute approximate surface area is 146 Å². The van der Waals surface area contributed by atoms with Gasteiger partial charge < -0.3 is 19.7 Å². The number of benzene rings is 1. The third-order valence-corrected chi connectivity index (χ3v) is 3.84. The number of hydrogen-bond donors (Lipinski definition) is 2. The van der Waals surface area contributed by atoms with Crippen molar-refractivity contribution in [3.8, 4) is 5.75 Å². The van der Waals surface area contributed by atoms with E-state index in [9.17, 15) is 4.79 Å². The first-order valence-corrected chi connectivity index (χ1v) is 8.07. The molecule has 2 N–H and O–H groups in total. The molecule has 0 aliphatic carbocycles. The number of aromatic nitrogens is 2. The second-order valence-corrected chi connectivity index (χ2v) is 5.52. The summed E-state index contributed by atoms with van der Waals surface area (Å²) in [5.41, 5.74) is 0.979. The topological polar surface area (TPSA) is 88.6 Å². The molecule has 25 heavy (non-hydrogen) atoms. The summed E-state index contributed by atoms with van der Waals surface area (Å²) in [5, 5.41) is 5.53. The van der Waals surface area contributed by atoms with Crippen LogP contribution in [0.5, 0.6) is 5.75 Å². The molecule has 3 rings (SSSR count). The number of amides is 2. The summed E-state index contributed by atoms with van der Waals surface area (Å²) in [5.74, 6) is 2.03. The number of rotatable bonds is 5. The molecule has 0 spiro atoms. The molecule has 2 heterocycles. The van der Waals surface area contributed by atoms with Crippen LogP contribution in [-0.2, 0) is 11.3 Å². The minimum Gasteiger partial charge on any atom is -0.497 e. The van der Waals surface area contributed by atoms with Gasteiger partial charge >= 0.3 is 6.03 Å². The quantitative estimate of drug-likeness (QED) is 0.858. The summed E-state index contributed by atoms with van der Waals surface area (Å²) in [7, 11) is 1.62. The van der Waals surface area contributed by atoms with Crippen LogP contribution in [-0.4, -0.2) is 49.4 Å². The molecular formula is C17H21N5O3. The van der Waals surface area contributed by atoms with Gasteiger partial charge in [-0.1, -0.05) is 12.1 Å². The summed E-state index contributed by atoms with van der Waals surface area (Å²) < 4.78 is 10.4. The molecule has 1 aromatic heterocycles. The second kappa shape index (κ2) is 8.29. The van der Waals surface area contributed by atoms with E-state index in [4.69, 9.17) is 9.47 Å². The standard InChI is InChI=1S/C17H21N5O3/c1-24-14-4-2-13(3-5-14)11-18-17(23)21-15-10-16(20-12-19-15)22-6-8-25-9-7-22/h2-5,10,12H,6-9,11H2,1H3,(H2,18,19,20,21,23). The second-order valence-electron chi connectivity index (χ2n) is 5.52. The van der Waals surface area contributed by atoms with Crippen LogP contribution in [0.15, 0.2) is 36.7 Å². The molecule has 8 nitrogen and oxygen atoms in total. The normalized spacial score (nSPS) is 14.0. The van der Waals surface area contributed by atoms with Gasteiger partial charge in [-0.2, -0.15) is 0 Å².